The second-order valence-electron chi connectivity index (χ2n) is 5.68. The molecule has 0 amide bonds. The summed E-state index contributed by atoms with van der Waals surface area (Å²) in [6.45, 7) is 19.5. The van der Waals surface area contributed by atoms with Crippen LogP contribution in [0.5, 0.6) is 0 Å². The molecule has 1 aliphatic heterocycles. The number of allylic oxidation sites excluding steroid dienone is 11. The Morgan fingerprint density at radius 1 is 1.20 bits per heavy atom. The van der Waals surface area contributed by atoms with Crippen molar-refractivity contribution in [1.82, 2.24) is 10.7 Å². The van der Waals surface area contributed by atoms with E-state index in [0.29, 0.717) is 5.96 Å². The molecule has 132 valence electrons. The van der Waals surface area contributed by atoms with E-state index in [1.165, 1.54) is 0 Å². The van der Waals surface area contributed by atoms with Gasteiger partial charge < -0.3 is 5.32 Å². The van der Waals surface area contributed by atoms with Gasteiger partial charge in [-0.3, -0.25) is 0 Å². The molecule has 0 fully saturated rings. The molecule has 1 aliphatic rings. The lowest BCUT2D eigenvalue weighted by molar-refractivity contribution is 0.920. The molecule has 0 spiro atoms. The van der Waals surface area contributed by atoms with Crippen LogP contribution in [0.4, 0.5) is 0 Å². The molecule has 25 heavy (non-hydrogen) atoms. The first-order valence-corrected chi connectivity index (χ1v) is 8.26. The van der Waals surface area contributed by atoms with Gasteiger partial charge in [0.15, 0.2) is 0 Å². The Kier molecular flexibility index (Phi) is 8.72. The Morgan fingerprint density at radius 2 is 1.92 bits per heavy atom. The number of nitrogens with one attached hydrogen (secondary N) is 2. The third-order valence-electron chi connectivity index (χ3n) is 3.38. The minimum absolute atomic E-state index is 0.689. The van der Waals surface area contributed by atoms with Gasteiger partial charge in [0.1, 0.15) is 0 Å². The smallest absolute Gasteiger partial charge is 0.212 e. The average Bonchev–Trinajstić information content (AvgIpc) is 3.08. The quantitative estimate of drug-likeness (QED) is 0.396. The SMILES string of the molecule is C=CC(/C=N\NC1=NCCN1)=C\C(=C\C(=C\C=C/C)C(=C)C)C(=C)C. The molecule has 0 radical (unpaired) electrons. The van der Waals surface area contributed by atoms with Crippen LogP contribution < -0.4 is 10.7 Å². The van der Waals surface area contributed by atoms with Gasteiger partial charge >= 0.3 is 0 Å². The Morgan fingerprint density at radius 3 is 2.44 bits per heavy atom. The zero-order valence-corrected chi connectivity index (χ0v) is 15.5. The summed E-state index contributed by atoms with van der Waals surface area (Å²) in [6, 6.07) is 0. The van der Waals surface area contributed by atoms with Gasteiger partial charge in [-0.15, -0.1) is 0 Å². The molecule has 4 nitrogen and oxygen atoms in total. The molecule has 0 aromatic heterocycles. The van der Waals surface area contributed by atoms with Crippen molar-refractivity contribution in [3.8, 4) is 0 Å². The van der Waals surface area contributed by atoms with E-state index in [1.54, 1.807) is 12.3 Å². The molecule has 0 saturated carbocycles. The van der Waals surface area contributed by atoms with Crippen molar-refractivity contribution in [1.29, 1.82) is 0 Å². The fraction of sp³-hybridized carbons (Fsp3) is 0.238. The molecule has 4 heteroatoms. The lowest BCUT2D eigenvalue weighted by atomic mass is 9.99. The molecule has 0 aromatic carbocycles. The summed E-state index contributed by atoms with van der Waals surface area (Å²) in [7, 11) is 0. The lowest BCUT2D eigenvalue weighted by Gasteiger charge is -2.06. The van der Waals surface area contributed by atoms with Crippen molar-refractivity contribution < 1.29 is 0 Å². The Hall–Kier alpha value is -2.88. The van der Waals surface area contributed by atoms with E-state index in [2.05, 4.69) is 46.6 Å². The van der Waals surface area contributed by atoms with Crippen molar-refractivity contribution in [2.45, 2.75) is 20.8 Å². The van der Waals surface area contributed by atoms with Crippen LogP contribution in [0.3, 0.4) is 0 Å². The molecule has 0 atom stereocenters. The summed E-state index contributed by atoms with van der Waals surface area (Å²) in [6.07, 6.45) is 13.5. The van der Waals surface area contributed by atoms with Gasteiger partial charge in [0.2, 0.25) is 5.96 Å². The van der Waals surface area contributed by atoms with E-state index in [1.807, 2.05) is 45.1 Å². The molecule has 0 aliphatic carbocycles. The number of nitrogens with zero attached hydrogens (tertiary/aromatic N) is 2. The second kappa shape index (κ2) is 10.8. The van der Waals surface area contributed by atoms with E-state index in [9.17, 15) is 0 Å². The normalized spacial score (nSPS) is 16.1. The number of hydrogen-bond acceptors (Lipinski definition) is 4. The van der Waals surface area contributed by atoms with E-state index in [0.717, 1.165) is 41.0 Å². The molecular formula is C21H28N4. The molecule has 0 unspecified atom stereocenters. The van der Waals surface area contributed by atoms with Crippen molar-refractivity contribution in [2.24, 2.45) is 10.1 Å². The van der Waals surface area contributed by atoms with Crippen molar-refractivity contribution >= 4 is 12.2 Å². The van der Waals surface area contributed by atoms with E-state index in [4.69, 9.17) is 0 Å². The maximum atomic E-state index is 4.22. The van der Waals surface area contributed by atoms with Crippen LogP contribution in [-0.4, -0.2) is 25.3 Å². The van der Waals surface area contributed by atoms with Gasteiger partial charge in [0, 0.05) is 6.54 Å². The zero-order valence-electron chi connectivity index (χ0n) is 15.5. The summed E-state index contributed by atoms with van der Waals surface area (Å²) in [5.74, 6) is 0.689. The number of rotatable bonds is 8. The molecule has 0 aromatic rings. The highest BCUT2D eigenvalue weighted by Crippen LogP contribution is 2.18. The fourth-order valence-corrected chi connectivity index (χ4v) is 1.94. The topological polar surface area (TPSA) is 48.8 Å². The zero-order chi connectivity index (χ0) is 18.7. The summed E-state index contributed by atoms with van der Waals surface area (Å²) in [5, 5.41) is 7.29. The van der Waals surface area contributed by atoms with Crippen molar-refractivity contribution in [3.63, 3.8) is 0 Å². The van der Waals surface area contributed by atoms with Gasteiger partial charge in [-0.25, -0.2) is 10.4 Å². The third-order valence-corrected chi connectivity index (χ3v) is 3.38. The molecule has 1 heterocycles. The molecule has 1 rings (SSSR count). The monoisotopic (exact) mass is 336 g/mol. The van der Waals surface area contributed by atoms with Crippen LogP contribution in [0.15, 0.2) is 94.2 Å². The summed E-state index contributed by atoms with van der Waals surface area (Å²) in [5.41, 5.74) is 7.74. The fourth-order valence-electron chi connectivity index (χ4n) is 1.94. The summed E-state index contributed by atoms with van der Waals surface area (Å²) < 4.78 is 0. The van der Waals surface area contributed by atoms with Gasteiger partial charge in [-0.2, -0.15) is 5.10 Å². The lowest BCUT2D eigenvalue weighted by Crippen LogP contribution is -2.30. The highest BCUT2D eigenvalue weighted by atomic mass is 15.4. The maximum Gasteiger partial charge on any atom is 0.212 e. The summed E-state index contributed by atoms with van der Waals surface area (Å²) in [4.78, 5) is 4.22. The third kappa shape index (κ3) is 7.48. The van der Waals surface area contributed by atoms with E-state index < -0.39 is 0 Å². The van der Waals surface area contributed by atoms with Gasteiger partial charge in [0.05, 0.1) is 12.8 Å². The predicted octanol–water partition coefficient (Wildman–Crippen LogP) is 4.21. The van der Waals surface area contributed by atoms with E-state index >= 15 is 0 Å². The van der Waals surface area contributed by atoms with Crippen LogP contribution in [0.25, 0.3) is 0 Å². The molecule has 2 N–H and O–H groups in total. The Labute approximate surface area is 151 Å². The molecule has 0 saturated heterocycles. The van der Waals surface area contributed by atoms with Crippen LogP contribution >= 0.6 is 0 Å². The van der Waals surface area contributed by atoms with Crippen LogP contribution in [-0.2, 0) is 0 Å². The first-order valence-electron chi connectivity index (χ1n) is 8.26. The van der Waals surface area contributed by atoms with Crippen LogP contribution in [0.1, 0.15) is 20.8 Å². The van der Waals surface area contributed by atoms with Gasteiger partial charge in [-0.1, -0.05) is 55.2 Å². The minimum atomic E-state index is 0.689. The number of hydrazone groups is 1. The van der Waals surface area contributed by atoms with Crippen LogP contribution in [0, 0.1) is 0 Å². The standard InChI is InChI=1S/C21H28N4/c1-7-9-10-19(16(3)4)14-20(17(5)6)13-18(8-2)15-24-25-21-22-11-12-23-21/h7-10,13-15H,2-3,5,11-12H2,1,4,6H3,(H2,22,23,25)/b9-7-,18-13+,19-10-,20-14-,24-15-. The average molecular weight is 336 g/mol. The first kappa shape index (κ1) is 20.2. The molecular weight excluding hydrogens is 308 g/mol. The van der Waals surface area contributed by atoms with Crippen molar-refractivity contribution in [3.05, 3.63) is 84.1 Å². The second-order valence-corrected chi connectivity index (χ2v) is 5.68. The highest BCUT2D eigenvalue weighted by molar-refractivity contribution is 5.86. The highest BCUT2D eigenvalue weighted by Gasteiger charge is 2.02. The molecule has 0 bridgehead atoms. The Balaban J connectivity index is 3.05. The van der Waals surface area contributed by atoms with Gasteiger partial charge in [0.25, 0.3) is 0 Å². The van der Waals surface area contributed by atoms with E-state index in [-0.39, 0.29) is 0 Å². The summed E-state index contributed by atoms with van der Waals surface area (Å²) >= 11 is 0. The number of guanidine groups is 1. The Bertz CT molecular complexity index is 697. The minimum Gasteiger partial charge on any atom is -0.353 e. The predicted molar refractivity (Wildman–Crippen MR) is 111 cm³/mol. The number of hydrogen-bond donors (Lipinski definition) is 2. The maximum absolute atomic E-state index is 4.22. The largest absolute Gasteiger partial charge is 0.353 e. The van der Waals surface area contributed by atoms with Crippen LogP contribution in [0.2, 0.25) is 0 Å². The number of aliphatic imine (C=N–C) groups is 1. The van der Waals surface area contributed by atoms with Crippen molar-refractivity contribution in [2.75, 3.05) is 13.1 Å². The first-order chi connectivity index (χ1) is 12.0. The van der Waals surface area contributed by atoms with Gasteiger partial charge in [-0.05, 0) is 49.6 Å².